The maximum Gasteiger partial charge on any atom is 0.164 e. The summed E-state index contributed by atoms with van der Waals surface area (Å²) in [6.45, 7) is 0. The van der Waals surface area contributed by atoms with Crippen molar-refractivity contribution < 1.29 is 4.42 Å². The Morgan fingerprint density at radius 3 is 1.51 bits per heavy atom. The zero-order chi connectivity index (χ0) is 28.6. The van der Waals surface area contributed by atoms with Crippen molar-refractivity contribution in [3.63, 3.8) is 0 Å². The fraction of sp³-hybridized carbons (Fsp3) is 0. The first kappa shape index (κ1) is 24.9. The Hall–Kier alpha value is -5.87. The van der Waals surface area contributed by atoms with E-state index in [9.17, 15) is 0 Å². The number of para-hydroxylation sites is 1. The topological polar surface area (TPSA) is 51.8 Å². The second-order valence-electron chi connectivity index (χ2n) is 10.5. The molecule has 6 aromatic carbocycles. The third-order valence-electron chi connectivity index (χ3n) is 7.72. The van der Waals surface area contributed by atoms with Gasteiger partial charge in [0, 0.05) is 27.5 Å². The Morgan fingerprint density at radius 1 is 0.349 bits per heavy atom. The van der Waals surface area contributed by atoms with Gasteiger partial charge in [-0.3, -0.25) is 0 Å². The van der Waals surface area contributed by atoms with Gasteiger partial charge in [0.05, 0.1) is 0 Å². The summed E-state index contributed by atoms with van der Waals surface area (Å²) in [5.41, 5.74) is 8.96. The zero-order valence-corrected chi connectivity index (χ0v) is 23.2. The molecule has 0 bridgehead atoms. The first-order valence-corrected chi connectivity index (χ1v) is 14.3. The summed E-state index contributed by atoms with van der Waals surface area (Å²) in [5, 5.41) is 2.24. The highest BCUT2D eigenvalue weighted by atomic mass is 16.3. The molecular weight excluding hydrogens is 526 g/mol. The van der Waals surface area contributed by atoms with Crippen LogP contribution in [-0.4, -0.2) is 15.0 Å². The van der Waals surface area contributed by atoms with Gasteiger partial charge in [-0.1, -0.05) is 127 Å². The summed E-state index contributed by atoms with van der Waals surface area (Å²) in [6.07, 6.45) is 0. The van der Waals surface area contributed by atoms with Crippen LogP contribution in [0.5, 0.6) is 0 Å². The molecule has 0 unspecified atom stereocenters. The van der Waals surface area contributed by atoms with Crippen LogP contribution >= 0.6 is 0 Å². The molecule has 2 heterocycles. The average molecular weight is 552 g/mol. The van der Waals surface area contributed by atoms with Gasteiger partial charge < -0.3 is 4.42 Å². The second-order valence-corrected chi connectivity index (χ2v) is 10.5. The molecule has 8 rings (SSSR count). The van der Waals surface area contributed by atoms with Crippen LogP contribution in [-0.2, 0) is 0 Å². The molecule has 0 aliphatic rings. The van der Waals surface area contributed by atoms with Crippen LogP contribution in [0.15, 0.2) is 156 Å². The van der Waals surface area contributed by atoms with Gasteiger partial charge in [-0.05, 0) is 46.5 Å². The number of furan rings is 1. The lowest BCUT2D eigenvalue weighted by Gasteiger charge is -2.11. The van der Waals surface area contributed by atoms with Crippen molar-refractivity contribution in [2.75, 3.05) is 0 Å². The van der Waals surface area contributed by atoms with Crippen molar-refractivity contribution in [1.29, 1.82) is 0 Å². The molecular formula is C39H25N3O. The number of aromatic nitrogens is 3. The predicted octanol–water partition coefficient (Wildman–Crippen LogP) is 10.1. The molecule has 8 aromatic rings. The third-order valence-corrected chi connectivity index (χ3v) is 7.72. The molecule has 0 saturated heterocycles. The first-order chi connectivity index (χ1) is 21.3. The largest absolute Gasteiger partial charge is 0.456 e. The number of benzene rings is 6. The van der Waals surface area contributed by atoms with Crippen LogP contribution in [0.25, 0.3) is 78.4 Å². The SMILES string of the molecule is c1ccc(-c2nc(-c3ccccc3)nc(-c3cccc(-c4cc(-c5ccccc5)c5c(c4)oc4ccccc45)c3)n2)cc1. The maximum absolute atomic E-state index is 6.39. The molecule has 0 N–H and O–H groups in total. The number of hydrogen-bond donors (Lipinski definition) is 0. The van der Waals surface area contributed by atoms with Crippen molar-refractivity contribution in [1.82, 2.24) is 15.0 Å². The minimum Gasteiger partial charge on any atom is -0.456 e. The van der Waals surface area contributed by atoms with E-state index in [4.69, 9.17) is 19.4 Å². The van der Waals surface area contributed by atoms with E-state index in [-0.39, 0.29) is 0 Å². The molecule has 0 radical (unpaired) electrons. The van der Waals surface area contributed by atoms with Crippen LogP contribution in [0, 0.1) is 0 Å². The molecule has 0 fully saturated rings. The number of fused-ring (bicyclic) bond motifs is 3. The number of nitrogens with zero attached hydrogens (tertiary/aromatic N) is 3. The fourth-order valence-corrected chi connectivity index (χ4v) is 5.64. The van der Waals surface area contributed by atoms with Gasteiger partial charge >= 0.3 is 0 Å². The Morgan fingerprint density at radius 2 is 0.860 bits per heavy atom. The summed E-state index contributed by atoms with van der Waals surface area (Å²) >= 11 is 0. The molecule has 202 valence electrons. The van der Waals surface area contributed by atoms with Gasteiger partial charge in [-0.2, -0.15) is 0 Å². The van der Waals surface area contributed by atoms with Crippen LogP contribution < -0.4 is 0 Å². The summed E-state index contributed by atoms with van der Waals surface area (Å²) in [6, 6.07) is 51.6. The molecule has 0 saturated carbocycles. The lowest BCUT2D eigenvalue weighted by atomic mass is 9.94. The van der Waals surface area contributed by atoms with Gasteiger partial charge in [-0.25, -0.2) is 15.0 Å². The lowest BCUT2D eigenvalue weighted by molar-refractivity contribution is 0.669. The standard InChI is InChI=1S/C39H25N3O/c1-4-13-26(14-5-1)33-24-31(25-35-36(33)32-21-10-11-22-34(32)43-35)29-19-12-20-30(23-29)39-41-37(27-15-6-2-7-16-27)40-38(42-39)28-17-8-3-9-18-28/h1-25H. The van der Waals surface area contributed by atoms with E-state index in [2.05, 4.69) is 72.8 Å². The van der Waals surface area contributed by atoms with Crippen LogP contribution in [0.1, 0.15) is 0 Å². The van der Waals surface area contributed by atoms with E-state index in [0.717, 1.165) is 60.9 Å². The molecule has 43 heavy (non-hydrogen) atoms. The molecule has 0 aliphatic carbocycles. The second kappa shape index (κ2) is 10.5. The molecule has 4 nitrogen and oxygen atoms in total. The van der Waals surface area contributed by atoms with Crippen molar-refractivity contribution in [3.05, 3.63) is 152 Å². The maximum atomic E-state index is 6.39. The van der Waals surface area contributed by atoms with Crippen molar-refractivity contribution in [2.45, 2.75) is 0 Å². The van der Waals surface area contributed by atoms with E-state index in [1.54, 1.807) is 0 Å². The normalized spacial score (nSPS) is 11.3. The highest BCUT2D eigenvalue weighted by Crippen LogP contribution is 2.40. The van der Waals surface area contributed by atoms with Gasteiger partial charge in [0.15, 0.2) is 17.5 Å². The van der Waals surface area contributed by atoms with Crippen LogP contribution in [0.4, 0.5) is 0 Å². The molecule has 4 heteroatoms. The summed E-state index contributed by atoms with van der Waals surface area (Å²) in [4.78, 5) is 14.7. The molecule has 0 aliphatic heterocycles. The number of hydrogen-bond acceptors (Lipinski definition) is 4. The minimum absolute atomic E-state index is 0.627. The van der Waals surface area contributed by atoms with Crippen molar-refractivity contribution >= 4 is 21.9 Å². The third kappa shape index (κ3) is 4.65. The summed E-state index contributed by atoms with van der Waals surface area (Å²) < 4.78 is 6.39. The van der Waals surface area contributed by atoms with Gasteiger partial charge in [0.25, 0.3) is 0 Å². The minimum atomic E-state index is 0.627. The molecule has 0 atom stereocenters. The van der Waals surface area contributed by atoms with E-state index in [0.29, 0.717) is 17.5 Å². The monoisotopic (exact) mass is 551 g/mol. The van der Waals surface area contributed by atoms with E-state index >= 15 is 0 Å². The highest BCUT2D eigenvalue weighted by Gasteiger charge is 2.16. The Labute approximate surface area is 249 Å². The van der Waals surface area contributed by atoms with E-state index in [1.807, 2.05) is 78.9 Å². The number of rotatable bonds is 5. The smallest absolute Gasteiger partial charge is 0.164 e. The van der Waals surface area contributed by atoms with Crippen molar-refractivity contribution in [3.8, 4) is 56.4 Å². The summed E-state index contributed by atoms with van der Waals surface area (Å²) in [7, 11) is 0. The molecule has 2 aromatic heterocycles. The molecule has 0 amide bonds. The van der Waals surface area contributed by atoms with Crippen LogP contribution in [0.3, 0.4) is 0 Å². The van der Waals surface area contributed by atoms with E-state index in [1.165, 1.54) is 0 Å². The highest BCUT2D eigenvalue weighted by molar-refractivity contribution is 6.13. The van der Waals surface area contributed by atoms with Gasteiger partial charge in [0.2, 0.25) is 0 Å². The lowest BCUT2D eigenvalue weighted by Crippen LogP contribution is -2.00. The molecule has 0 spiro atoms. The van der Waals surface area contributed by atoms with Gasteiger partial charge in [-0.15, -0.1) is 0 Å². The summed E-state index contributed by atoms with van der Waals surface area (Å²) in [5.74, 6) is 1.91. The van der Waals surface area contributed by atoms with Crippen molar-refractivity contribution in [2.24, 2.45) is 0 Å². The Kier molecular flexibility index (Phi) is 6.08. The zero-order valence-electron chi connectivity index (χ0n) is 23.2. The van der Waals surface area contributed by atoms with Crippen LogP contribution in [0.2, 0.25) is 0 Å². The Balaban J connectivity index is 1.30. The first-order valence-electron chi connectivity index (χ1n) is 14.3. The quantitative estimate of drug-likeness (QED) is 0.214. The van der Waals surface area contributed by atoms with Gasteiger partial charge in [0.1, 0.15) is 11.2 Å². The van der Waals surface area contributed by atoms with E-state index < -0.39 is 0 Å². The average Bonchev–Trinajstić information content (AvgIpc) is 3.47. The Bertz CT molecular complexity index is 2170. The predicted molar refractivity (Wildman–Crippen MR) is 174 cm³/mol. The fourth-order valence-electron chi connectivity index (χ4n) is 5.64.